The fourth-order valence-corrected chi connectivity index (χ4v) is 2.10. The Balaban J connectivity index is 0.000000213. The number of hydrogen-bond donors (Lipinski definition) is 0. The van der Waals surface area contributed by atoms with E-state index < -0.39 is 0 Å². The molecule has 158 valence electrons. The van der Waals surface area contributed by atoms with Gasteiger partial charge in [-0.1, -0.05) is 0 Å². The molecule has 4 aromatic heterocycles. The Bertz CT molecular complexity index is 1020. The zero-order valence-corrected chi connectivity index (χ0v) is 17.0. The molecule has 0 aromatic carbocycles. The van der Waals surface area contributed by atoms with Gasteiger partial charge in [-0.3, -0.25) is 19.6 Å². The predicted molar refractivity (Wildman–Crippen MR) is 110 cm³/mol. The molecular formula is C22H16N4NiO4. The van der Waals surface area contributed by atoms with Gasteiger partial charge in [-0.25, -0.2) is 9.98 Å². The molecule has 0 N–H and O–H groups in total. The summed E-state index contributed by atoms with van der Waals surface area (Å²) in [6.45, 7) is 0. The Morgan fingerprint density at radius 3 is 1.48 bits per heavy atom. The number of aromatic nitrogens is 2. The van der Waals surface area contributed by atoms with Crippen molar-refractivity contribution >= 4 is 24.2 Å². The van der Waals surface area contributed by atoms with Gasteiger partial charge in [0, 0.05) is 41.3 Å². The monoisotopic (exact) mass is 458 g/mol. The summed E-state index contributed by atoms with van der Waals surface area (Å²) in [7, 11) is 0. The van der Waals surface area contributed by atoms with Crippen molar-refractivity contribution in [1.82, 2.24) is 9.97 Å². The van der Waals surface area contributed by atoms with Crippen molar-refractivity contribution in [2.24, 2.45) is 9.98 Å². The zero-order valence-electron chi connectivity index (χ0n) is 16.0. The number of hydrogen-bond acceptors (Lipinski definition) is 6. The number of carbonyl (C=O) groups excluding carboxylic acids is 2. The van der Waals surface area contributed by atoms with Crippen LogP contribution in [-0.4, -0.2) is 34.2 Å². The second-order valence-electron chi connectivity index (χ2n) is 5.64. The minimum absolute atomic E-state index is 0. The molecule has 0 saturated heterocycles. The second-order valence-corrected chi connectivity index (χ2v) is 5.64. The van der Waals surface area contributed by atoms with E-state index in [-0.39, 0.29) is 28.3 Å². The maximum atomic E-state index is 11.5. The average Bonchev–Trinajstić information content (AvgIpc) is 3.52. The minimum Gasteiger partial charge on any atom is -0.463 e. The number of pyridine rings is 2. The first kappa shape index (κ1) is 23.3. The molecule has 0 saturated carbocycles. The van der Waals surface area contributed by atoms with Gasteiger partial charge in [0.2, 0.25) is 0 Å². The molecule has 0 radical (unpaired) electrons. The van der Waals surface area contributed by atoms with Crippen molar-refractivity contribution in [3.8, 4) is 0 Å². The van der Waals surface area contributed by atoms with Crippen LogP contribution in [0.3, 0.4) is 0 Å². The minimum atomic E-state index is -0.334. The Kier molecular flexibility index (Phi) is 9.45. The van der Waals surface area contributed by atoms with Crippen molar-refractivity contribution in [2.75, 3.05) is 0 Å². The van der Waals surface area contributed by atoms with Gasteiger partial charge in [0.15, 0.2) is 0 Å². The van der Waals surface area contributed by atoms with Crippen molar-refractivity contribution in [2.45, 2.75) is 0 Å². The summed E-state index contributed by atoms with van der Waals surface area (Å²) in [6, 6.07) is 13.6. The van der Waals surface area contributed by atoms with Crippen molar-refractivity contribution < 1.29 is 34.9 Å². The molecule has 0 aliphatic heterocycles. The summed E-state index contributed by atoms with van der Waals surface area (Å²) in [5.41, 5.74) is 0.917. The predicted octanol–water partition coefficient (Wildman–Crippen LogP) is 3.87. The molecule has 4 rings (SSSR count). The smallest absolute Gasteiger partial charge is 0.278 e. The van der Waals surface area contributed by atoms with Crippen LogP contribution in [0.15, 0.2) is 105 Å². The van der Waals surface area contributed by atoms with Crippen LogP contribution in [0.2, 0.25) is 0 Å². The van der Waals surface area contributed by atoms with E-state index in [0.717, 1.165) is 0 Å². The third-order valence-corrected chi connectivity index (χ3v) is 3.52. The van der Waals surface area contributed by atoms with Crippen LogP contribution in [0.5, 0.6) is 0 Å². The first-order valence-electron chi connectivity index (χ1n) is 8.76. The van der Waals surface area contributed by atoms with E-state index >= 15 is 0 Å². The Labute approximate surface area is 187 Å². The maximum absolute atomic E-state index is 11.5. The van der Waals surface area contributed by atoms with Crippen LogP contribution in [0, 0.1) is 0 Å². The summed E-state index contributed by atoms with van der Waals surface area (Å²) in [5.74, 6) is 0.429. The molecule has 9 heteroatoms. The molecule has 4 aromatic rings. The molecule has 0 aliphatic rings. The fourth-order valence-electron chi connectivity index (χ4n) is 2.10. The average molecular weight is 459 g/mol. The summed E-state index contributed by atoms with van der Waals surface area (Å²) < 4.78 is 10.0. The van der Waals surface area contributed by atoms with E-state index in [4.69, 9.17) is 8.83 Å². The van der Waals surface area contributed by atoms with Gasteiger partial charge in [0.25, 0.3) is 11.8 Å². The molecule has 0 spiro atoms. The number of furan rings is 2. The number of rotatable bonds is 4. The normalized spacial score (nSPS) is 10.3. The third kappa shape index (κ3) is 7.76. The topological polar surface area (TPSA) is 111 Å². The Hall–Kier alpha value is -3.97. The van der Waals surface area contributed by atoms with Crippen LogP contribution in [0.1, 0.15) is 32.2 Å². The van der Waals surface area contributed by atoms with E-state index in [1.54, 1.807) is 60.9 Å². The summed E-state index contributed by atoms with van der Waals surface area (Å²) in [4.78, 5) is 38.1. The van der Waals surface area contributed by atoms with Gasteiger partial charge in [-0.15, -0.1) is 0 Å². The van der Waals surface area contributed by atoms with E-state index in [9.17, 15) is 9.59 Å². The van der Waals surface area contributed by atoms with E-state index in [1.165, 1.54) is 37.3 Å². The van der Waals surface area contributed by atoms with Crippen LogP contribution in [0.25, 0.3) is 0 Å². The zero-order chi connectivity index (χ0) is 21.0. The fraction of sp³-hybridized carbons (Fsp3) is 0. The maximum Gasteiger partial charge on any atom is 0.278 e. The van der Waals surface area contributed by atoms with Crippen molar-refractivity contribution in [1.29, 1.82) is 0 Å². The van der Waals surface area contributed by atoms with Crippen LogP contribution < -0.4 is 0 Å². The number of aliphatic imine (C=N–C) groups is 2. The van der Waals surface area contributed by atoms with E-state index in [2.05, 4.69) is 20.0 Å². The van der Waals surface area contributed by atoms with Gasteiger partial charge in [0.05, 0.1) is 36.1 Å². The largest absolute Gasteiger partial charge is 0.463 e. The second kappa shape index (κ2) is 12.6. The van der Waals surface area contributed by atoms with Gasteiger partial charge < -0.3 is 8.83 Å². The van der Waals surface area contributed by atoms with Crippen LogP contribution >= 0.6 is 0 Å². The molecule has 0 bridgehead atoms. The Morgan fingerprint density at radius 2 is 1.16 bits per heavy atom. The van der Waals surface area contributed by atoms with E-state index in [0.29, 0.717) is 22.6 Å². The van der Waals surface area contributed by atoms with E-state index in [1.807, 2.05) is 0 Å². The Morgan fingerprint density at radius 1 is 0.710 bits per heavy atom. The summed E-state index contributed by atoms with van der Waals surface area (Å²) in [5, 5.41) is 0. The first-order valence-corrected chi connectivity index (χ1v) is 8.76. The third-order valence-electron chi connectivity index (χ3n) is 3.52. The SMILES string of the molecule is O=C(N=Cc1ccco1)c1cccnc1.O=C(N=Cc1ccco1)c1cccnc1.[Ni]. The van der Waals surface area contributed by atoms with Crippen LogP contribution in [0.4, 0.5) is 0 Å². The number of amides is 2. The van der Waals surface area contributed by atoms with Gasteiger partial charge in [0.1, 0.15) is 11.5 Å². The molecule has 31 heavy (non-hydrogen) atoms. The quantitative estimate of drug-likeness (QED) is 0.339. The first-order chi connectivity index (χ1) is 14.7. The summed E-state index contributed by atoms with van der Waals surface area (Å²) >= 11 is 0. The molecule has 0 atom stereocenters. The molecule has 8 nitrogen and oxygen atoms in total. The molecule has 0 fully saturated rings. The standard InChI is InChI=1S/2C11H8N2O2.Ni/c2*14-11(9-3-1-5-12-7-9)13-8-10-4-2-6-15-10;/h2*1-8H;. The summed E-state index contributed by atoms with van der Waals surface area (Å²) in [6.07, 6.45) is 12.0. The number of carbonyl (C=O) groups is 2. The van der Waals surface area contributed by atoms with Gasteiger partial charge in [-0.05, 0) is 48.5 Å². The van der Waals surface area contributed by atoms with Gasteiger partial charge >= 0.3 is 0 Å². The van der Waals surface area contributed by atoms with Crippen LogP contribution in [-0.2, 0) is 16.5 Å². The van der Waals surface area contributed by atoms with Crippen molar-refractivity contribution in [3.63, 3.8) is 0 Å². The molecule has 0 unspecified atom stereocenters. The number of nitrogens with zero attached hydrogens (tertiary/aromatic N) is 4. The van der Waals surface area contributed by atoms with Gasteiger partial charge in [-0.2, -0.15) is 0 Å². The van der Waals surface area contributed by atoms with Crippen molar-refractivity contribution in [3.05, 3.63) is 108 Å². The molecular weight excluding hydrogens is 443 g/mol. The molecule has 4 heterocycles. The molecule has 0 aliphatic carbocycles. The molecule has 2 amide bonds.